The van der Waals surface area contributed by atoms with Gasteiger partial charge in [0.05, 0.1) is 0 Å². The van der Waals surface area contributed by atoms with Crippen molar-refractivity contribution in [1.82, 2.24) is 25.7 Å². The van der Waals surface area contributed by atoms with Crippen molar-refractivity contribution in [2.75, 3.05) is 5.32 Å². The number of hydrogen-bond donors (Lipinski definition) is 2. The summed E-state index contributed by atoms with van der Waals surface area (Å²) in [5.41, 5.74) is 0.989. The molecule has 3 rings (SSSR count). The van der Waals surface area contributed by atoms with Gasteiger partial charge >= 0.3 is 0 Å². The summed E-state index contributed by atoms with van der Waals surface area (Å²) in [5.74, 6) is -0.398. The molecule has 0 saturated heterocycles. The maximum atomic E-state index is 12.1. The zero-order valence-corrected chi connectivity index (χ0v) is 17.3. The fourth-order valence-electron chi connectivity index (χ4n) is 2.24. The number of hydrogen-bond acceptors (Lipinski definition) is 8. The fourth-order valence-corrected chi connectivity index (χ4v) is 3.72. The number of aromatic nitrogens is 4. The molecule has 146 valence electrons. The molecule has 2 amide bonds. The van der Waals surface area contributed by atoms with Crippen molar-refractivity contribution < 1.29 is 9.59 Å². The monoisotopic (exact) mass is 436 g/mol. The van der Waals surface area contributed by atoms with E-state index in [0.29, 0.717) is 41.0 Å². The molecule has 0 aliphatic rings. The highest BCUT2D eigenvalue weighted by atomic mass is 35.5. The summed E-state index contributed by atoms with van der Waals surface area (Å²) in [6.07, 6.45) is 1.58. The van der Waals surface area contributed by atoms with Crippen molar-refractivity contribution in [2.45, 2.75) is 32.7 Å². The molecule has 2 aromatic heterocycles. The molecule has 1 aromatic carbocycles. The molecule has 2 heterocycles. The quantitative estimate of drug-likeness (QED) is 0.560. The molecular formula is C17H17ClN6O2S2. The van der Waals surface area contributed by atoms with Crippen LogP contribution in [-0.2, 0) is 17.8 Å². The first kappa shape index (κ1) is 20.3. The SMILES string of the molecule is Cc1nnc(NC(=O)c2nnc(CCCC(=O)NCc3ccc(Cl)cc3)s2)s1. The maximum Gasteiger partial charge on any atom is 0.288 e. The van der Waals surface area contributed by atoms with Crippen molar-refractivity contribution in [2.24, 2.45) is 0 Å². The van der Waals surface area contributed by atoms with Crippen LogP contribution in [0.5, 0.6) is 0 Å². The molecule has 0 unspecified atom stereocenters. The molecule has 0 radical (unpaired) electrons. The molecule has 0 aliphatic heterocycles. The van der Waals surface area contributed by atoms with Crippen LogP contribution in [0, 0.1) is 6.92 Å². The third kappa shape index (κ3) is 6.04. The number of amides is 2. The predicted molar refractivity (Wildman–Crippen MR) is 109 cm³/mol. The molecule has 0 bridgehead atoms. The van der Waals surface area contributed by atoms with E-state index in [1.165, 1.54) is 22.7 Å². The van der Waals surface area contributed by atoms with Gasteiger partial charge in [-0.2, -0.15) is 0 Å². The fraction of sp³-hybridized carbons (Fsp3) is 0.294. The van der Waals surface area contributed by atoms with E-state index in [1.54, 1.807) is 12.1 Å². The summed E-state index contributed by atoms with van der Waals surface area (Å²) in [7, 11) is 0. The highest BCUT2D eigenvalue weighted by Crippen LogP contribution is 2.17. The Bertz CT molecular complexity index is 957. The summed E-state index contributed by atoms with van der Waals surface area (Å²) in [6.45, 7) is 2.27. The lowest BCUT2D eigenvalue weighted by Gasteiger charge is -2.05. The highest BCUT2D eigenvalue weighted by molar-refractivity contribution is 7.15. The van der Waals surface area contributed by atoms with Crippen LogP contribution in [0.3, 0.4) is 0 Å². The average Bonchev–Trinajstić information content (AvgIpc) is 3.30. The second kappa shape index (κ2) is 9.67. The van der Waals surface area contributed by atoms with Gasteiger partial charge in [0.1, 0.15) is 10.0 Å². The van der Waals surface area contributed by atoms with Gasteiger partial charge in [-0.1, -0.05) is 46.4 Å². The molecule has 2 N–H and O–H groups in total. The molecule has 0 saturated carbocycles. The highest BCUT2D eigenvalue weighted by Gasteiger charge is 2.15. The van der Waals surface area contributed by atoms with Gasteiger partial charge in [0.25, 0.3) is 5.91 Å². The number of carbonyl (C=O) groups is 2. The van der Waals surface area contributed by atoms with Crippen LogP contribution in [0.15, 0.2) is 24.3 Å². The number of nitrogens with one attached hydrogen (secondary N) is 2. The van der Waals surface area contributed by atoms with E-state index >= 15 is 0 Å². The molecule has 0 atom stereocenters. The van der Waals surface area contributed by atoms with Gasteiger partial charge < -0.3 is 5.32 Å². The molecule has 0 aliphatic carbocycles. The number of aryl methyl sites for hydroxylation is 2. The minimum atomic E-state index is -0.361. The smallest absolute Gasteiger partial charge is 0.288 e. The predicted octanol–water partition coefficient (Wildman–Crippen LogP) is 3.24. The molecular weight excluding hydrogens is 420 g/mol. The summed E-state index contributed by atoms with van der Waals surface area (Å²) < 4.78 is 0. The molecule has 3 aromatic rings. The molecule has 8 nitrogen and oxygen atoms in total. The van der Waals surface area contributed by atoms with E-state index in [0.717, 1.165) is 10.6 Å². The van der Waals surface area contributed by atoms with Gasteiger partial charge in [-0.05, 0) is 31.0 Å². The number of anilines is 1. The van der Waals surface area contributed by atoms with E-state index in [9.17, 15) is 9.59 Å². The van der Waals surface area contributed by atoms with Crippen LogP contribution < -0.4 is 10.6 Å². The summed E-state index contributed by atoms with van der Waals surface area (Å²) in [4.78, 5) is 24.1. The van der Waals surface area contributed by atoms with Crippen molar-refractivity contribution in [3.8, 4) is 0 Å². The van der Waals surface area contributed by atoms with Crippen LogP contribution in [0.2, 0.25) is 5.02 Å². The first-order valence-electron chi connectivity index (χ1n) is 8.44. The van der Waals surface area contributed by atoms with E-state index in [2.05, 4.69) is 31.0 Å². The van der Waals surface area contributed by atoms with Crippen LogP contribution in [0.4, 0.5) is 5.13 Å². The lowest BCUT2D eigenvalue weighted by molar-refractivity contribution is -0.121. The Hall–Kier alpha value is -2.43. The van der Waals surface area contributed by atoms with Gasteiger partial charge in [-0.25, -0.2) is 0 Å². The summed E-state index contributed by atoms with van der Waals surface area (Å²) in [6, 6.07) is 7.33. The number of nitrogens with zero attached hydrogens (tertiary/aromatic N) is 4. The second-order valence-electron chi connectivity index (χ2n) is 5.84. The third-order valence-corrected chi connectivity index (χ3v) is 5.59. The maximum absolute atomic E-state index is 12.1. The Morgan fingerprint density at radius 3 is 2.57 bits per heavy atom. The average molecular weight is 437 g/mol. The standard InChI is InChI=1S/C17H17ClN6O2S2/c1-10-21-24-17(27-10)20-15(26)16-23-22-14(28-16)4-2-3-13(25)19-9-11-5-7-12(18)8-6-11/h5-8H,2-4,9H2,1H3,(H,19,25)(H,20,24,26). The lowest BCUT2D eigenvalue weighted by atomic mass is 10.2. The molecule has 0 fully saturated rings. The lowest BCUT2D eigenvalue weighted by Crippen LogP contribution is -2.22. The van der Waals surface area contributed by atoms with Gasteiger partial charge in [-0.15, -0.1) is 20.4 Å². The van der Waals surface area contributed by atoms with Crippen molar-refractivity contribution >= 4 is 51.2 Å². The van der Waals surface area contributed by atoms with Gasteiger partial charge in [0, 0.05) is 24.4 Å². The minimum Gasteiger partial charge on any atom is -0.352 e. The van der Waals surface area contributed by atoms with Crippen LogP contribution >= 0.6 is 34.3 Å². The Labute approximate surface area is 174 Å². The van der Waals surface area contributed by atoms with E-state index in [1.807, 2.05) is 19.1 Å². The Balaban J connectivity index is 1.39. The Kier molecular flexibility index (Phi) is 7.01. The first-order chi connectivity index (χ1) is 13.5. The van der Waals surface area contributed by atoms with Gasteiger partial charge in [-0.3, -0.25) is 14.9 Å². The zero-order chi connectivity index (χ0) is 19.9. The Morgan fingerprint density at radius 2 is 1.86 bits per heavy atom. The molecule has 0 spiro atoms. The normalized spacial score (nSPS) is 10.6. The summed E-state index contributed by atoms with van der Waals surface area (Å²) in [5, 5.41) is 23.9. The molecule has 11 heteroatoms. The topological polar surface area (TPSA) is 110 Å². The second-order valence-corrected chi connectivity index (χ2v) is 8.52. The largest absolute Gasteiger partial charge is 0.352 e. The number of rotatable bonds is 8. The van der Waals surface area contributed by atoms with Gasteiger partial charge in [0.15, 0.2) is 0 Å². The van der Waals surface area contributed by atoms with Crippen molar-refractivity contribution in [3.63, 3.8) is 0 Å². The van der Waals surface area contributed by atoms with Crippen molar-refractivity contribution in [1.29, 1.82) is 0 Å². The van der Waals surface area contributed by atoms with Crippen molar-refractivity contribution in [3.05, 3.63) is 49.9 Å². The van der Waals surface area contributed by atoms with Crippen LogP contribution in [-0.4, -0.2) is 32.2 Å². The Morgan fingerprint density at radius 1 is 1.07 bits per heavy atom. The van der Waals surface area contributed by atoms with Crippen LogP contribution in [0.1, 0.15) is 38.2 Å². The van der Waals surface area contributed by atoms with E-state index in [-0.39, 0.29) is 16.8 Å². The number of halogens is 1. The van der Waals surface area contributed by atoms with E-state index in [4.69, 9.17) is 11.6 Å². The summed E-state index contributed by atoms with van der Waals surface area (Å²) >= 11 is 8.33. The van der Waals surface area contributed by atoms with Gasteiger partial charge in [0.2, 0.25) is 16.0 Å². The van der Waals surface area contributed by atoms with Crippen LogP contribution in [0.25, 0.3) is 0 Å². The number of benzene rings is 1. The number of carbonyl (C=O) groups excluding carboxylic acids is 2. The minimum absolute atomic E-state index is 0.0379. The van der Waals surface area contributed by atoms with E-state index < -0.39 is 0 Å². The third-order valence-electron chi connectivity index (χ3n) is 3.61. The first-order valence-corrected chi connectivity index (χ1v) is 10.5. The molecule has 28 heavy (non-hydrogen) atoms. The zero-order valence-electron chi connectivity index (χ0n) is 14.9.